The summed E-state index contributed by atoms with van der Waals surface area (Å²) in [6.07, 6.45) is 1.23. The molecule has 20 heavy (non-hydrogen) atoms. The summed E-state index contributed by atoms with van der Waals surface area (Å²) < 4.78 is 5.56. The minimum atomic E-state index is -0.351. The van der Waals surface area contributed by atoms with Crippen molar-refractivity contribution in [2.75, 3.05) is 39.3 Å². The van der Waals surface area contributed by atoms with Gasteiger partial charge in [-0.2, -0.15) is 0 Å². The second-order valence-corrected chi connectivity index (χ2v) is 6.00. The number of carbonyl (C=O) groups is 1. The molecule has 1 fully saturated rings. The van der Waals surface area contributed by atoms with Crippen LogP contribution in [0.1, 0.15) is 34.1 Å². The van der Waals surface area contributed by atoms with E-state index in [9.17, 15) is 4.79 Å². The maximum atomic E-state index is 12.3. The van der Waals surface area contributed by atoms with Gasteiger partial charge in [0.25, 0.3) is 0 Å². The maximum Gasteiger partial charge on any atom is 0.239 e. The topological polar surface area (TPSA) is 58.8 Å². The molecule has 1 heterocycles. The summed E-state index contributed by atoms with van der Waals surface area (Å²) in [7, 11) is 0. The third-order valence-corrected chi connectivity index (χ3v) is 4.08. The quantitative estimate of drug-likeness (QED) is 0.756. The predicted octanol–water partition coefficient (Wildman–Crippen LogP) is 0.929. The molecule has 0 aliphatic carbocycles. The Morgan fingerprint density at radius 1 is 1.20 bits per heavy atom. The second-order valence-electron chi connectivity index (χ2n) is 6.00. The average molecular weight is 285 g/mol. The highest BCUT2D eigenvalue weighted by molar-refractivity contribution is 5.82. The fourth-order valence-electron chi connectivity index (χ4n) is 2.32. The number of nitrogens with two attached hydrogens (primary N) is 1. The van der Waals surface area contributed by atoms with Crippen LogP contribution in [0.4, 0.5) is 0 Å². The van der Waals surface area contributed by atoms with Crippen molar-refractivity contribution in [2.24, 2.45) is 11.7 Å². The first-order valence-corrected chi connectivity index (χ1v) is 7.84. The van der Waals surface area contributed by atoms with Crippen LogP contribution in [0.3, 0.4) is 0 Å². The first kappa shape index (κ1) is 17.4. The molecule has 2 N–H and O–H groups in total. The van der Waals surface area contributed by atoms with Crippen molar-refractivity contribution in [1.82, 2.24) is 9.80 Å². The zero-order valence-corrected chi connectivity index (χ0v) is 13.5. The van der Waals surface area contributed by atoms with Gasteiger partial charge in [0.15, 0.2) is 0 Å². The smallest absolute Gasteiger partial charge is 0.239 e. The number of rotatable bonds is 7. The van der Waals surface area contributed by atoms with Gasteiger partial charge in [-0.15, -0.1) is 0 Å². The largest absolute Gasteiger partial charge is 0.377 e. The van der Waals surface area contributed by atoms with E-state index in [1.807, 2.05) is 25.7 Å². The van der Waals surface area contributed by atoms with Gasteiger partial charge in [-0.3, -0.25) is 9.69 Å². The summed E-state index contributed by atoms with van der Waals surface area (Å²) in [5.74, 6) is 0.359. The lowest BCUT2D eigenvalue weighted by atomic mass is 9.98. The molecule has 2 atom stereocenters. The number of ether oxygens (including phenoxy) is 1. The molecule has 1 saturated heterocycles. The molecule has 2 unspecified atom stereocenters. The van der Waals surface area contributed by atoms with E-state index in [2.05, 4.69) is 11.8 Å². The third kappa shape index (κ3) is 5.38. The van der Waals surface area contributed by atoms with Crippen LogP contribution in [0.2, 0.25) is 0 Å². The van der Waals surface area contributed by atoms with Gasteiger partial charge in [0, 0.05) is 32.7 Å². The van der Waals surface area contributed by atoms with Gasteiger partial charge in [0.2, 0.25) is 5.91 Å². The predicted molar refractivity (Wildman–Crippen MR) is 81.5 cm³/mol. The Bertz CT molecular complexity index is 289. The monoisotopic (exact) mass is 285 g/mol. The van der Waals surface area contributed by atoms with Crippen LogP contribution in [-0.4, -0.2) is 67.2 Å². The summed E-state index contributed by atoms with van der Waals surface area (Å²) in [5, 5.41) is 0. The van der Waals surface area contributed by atoms with E-state index < -0.39 is 0 Å². The molecule has 0 bridgehead atoms. The minimum absolute atomic E-state index is 0.109. The molecule has 5 nitrogen and oxygen atoms in total. The standard InChI is InChI=1S/C15H31N3O2/c1-5-13(4)14(16)15(19)18-8-6-17(7-9-18)10-11-20-12(2)3/h12-14H,5-11,16H2,1-4H3. The first-order valence-electron chi connectivity index (χ1n) is 7.84. The fraction of sp³-hybridized carbons (Fsp3) is 0.933. The van der Waals surface area contributed by atoms with Crippen molar-refractivity contribution < 1.29 is 9.53 Å². The molecule has 0 radical (unpaired) electrons. The van der Waals surface area contributed by atoms with Crippen molar-refractivity contribution in [1.29, 1.82) is 0 Å². The van der Waals surface area contributed by atoms with E-state index in [-0.39, 0.29) is 24.0 Å². The summed E-state index contributed by atoms with van der Waals surface area (Å²) in [4.78, 5) is 16.5. The van der Waals surface area contributed by atoms with E-state index in [0.717, 1.165) is 45.8 Å². The minimum Gasteiger partial charge on any atom is -0.377 e. The van der Waals surface area contributed by atoms with Crippen LogP contribution >= 0.6 is 0 Å². The summed E-state index contributed by atoms with van der Waals surface area (Å²) in [6, 6.07) is -0.351. The Morgan fingerprint density at radius 2 is 1.80 bits per heavy atom. The van der Waals surface area contributed by atoms with Crippen molar-refractivity contribution in [2.45, 2.75) is 46.3 Å². The number of hydrogen-bond acceptors (Lipinski definition) is 4. The van der Waals surface area contributed by atoms with Gasteiger partial charge >= 0.3 is 0 Å². The maximum absolute atomic E-state index is 12.3. The molecular formula is C15H31N3O2. The summed E-state index contributed by atoms with van der Waals surface area (Å²) >= 11 is 0. The zero-order chi connectivity index (χ0) is 15.1. The normalized spacial score (nSPS) is 20.2. The molecule has 0 aromatic rings. The van der Waals surface area contributed by atoms with Crippen LogP contribution in [-0.2, 0) is 9.53 Å². The number of carbonyl (C=O) groups excluding carboxylic acids is 1. The van der Waals surface area contributed by atoms with Gasteiger partial charge < -0.3 is 15.4 Å². The number of piperazine rings is 1. The molecule has 1 amide bonds. The molecule has 0 saturated carbocycles. The van der Waals surface area contributed by atoms with Crippen LogP contribution in [0.5, 0.6) is 0 Å². The van der Waals surface area contributed by atoms with E-state index in [0.29, 0.717) is 0 Å². The van der Waals surface area contributed by atoms with Crippen molar-refractivity contribution >= 4 is 5.91 Å². The second kappa shape index (κ2) is 8.60. The van der Waals surface area contributed by atoms with E-state index in [1.54, 1.807) is 0 Å². The number of amides is 1. The molecule has 0 spiro atoms. The summed E-state index contributed by atoms with van der Waals surface area (Å²) in [5.41, 5.74) is 6.03. The zero-order valence-electron chi connectivity index (χ0n) is 13.5. The number of hydrogen-bond donors (Lipinski definition) is 1. The SMILES string of the molecule is CCC(C)C(N)C(=O)N1CCN(CCOC(C)C)CC1. The van der Waals surface area contributed by atoms with E-state index >= 15 is 0 Å². The molecule has 0 aromatic heterocycles. The lowest BCUT2D eigenvalue weighted by Gasteiger charge is -2.36. The Balaban J connectivity index is 2.29. The molecule has 1 aliphatic rings. The van der Waals surface area contributed by atoms with Crippen LogP contribution in [0, 0.1) is 5.92 Å². The summed E-state index contributed by atoms with van der Waals surface area (Å²) in [6.45, 7) is 13.3. The van der Waals surface area contributed by atoms with Crippen LogP contribution < -0.4 is 5.73 Å². The number of nitrogens with zero attached hydrogens (tertiary/aromatic N) is 2. The Labute approximate surface area is 123 Å². The van der Waals surface area contributed by atoms with Crippen molar-refractivity contribution in [3.63, 3.8) is 0 Å². The lowest BCUT2D eigenvalue weighted by molar-refractivity contribution is -0.135. The molecule has 5 heteroatoms. The van der Waals surface area contributed by atoms with Crippen LogP contribution in [0.15, 0.2) is 0 Å². The highest BCUT2D eigenvalue weighted by Gasteiger charge is 2.27. The van der Waals surface area contributed by atoms with Gasteiger partial charge in [-0.1, -0.05) is 20.3 Å². The Hall–Kier alpha value is -0.650. The molecular weight excluding hydrogens is 254 g/mol. The highest BCUT2D eigenvalue weighted by atomic mass is 16.5. The molecule has 0 aromatic carbocycles. The van der Waals surface area contributed by atoms with Gasteiger partial charge in [-0.25, -0.2) is 0 Å². The lowest BCUT2D eigenvalue weighted by Crippen LogP contribution is -2.54. The van der Waals surface area contributed by atoms with E-state index in [4.69, 9.17) is 10.5 Å². The molecule has 1 aliphatic heterocycles. The molecule has 118 valence electrons. The van der Waals surface area contributed by atoms with E-state index in [1.165, 1.54) is 0 Å². The van der Waals surface area contributed by atoms with Gasteiger partial charge in [-0.05, 0) is 19.8 Å². The van der Waals surface area contributed by atoms with Gasteiger partial charge in [0.05, 0.1) is 18.8 Å². The van der Waals surface area contributed by atoms with Crippen molar-refractivity contribution in [3.05, 3.63) is 0 Å². The first-order chi connectivity index (χ1) is 9.45. The van der Waals surface area contributed by atoms with Crippen LogP contribution in [0.25, 0.3) is 0 Å². The Kier molecular flexibility index (Phi) is 7.48. The highest BCUT2D eigenvalue weighted by Crippen LogP contribution is 2.10. The third-order valence-electron chi connectivity index (χ3n) is 4.08. The molecule has 1 rings (SSSR count). The fourth-order valence-corrected chi connectivity index (χ4v) is 2.32. The van der Waals surface area contributed by atoms with Gasteiger partial charge in [0.1, 0.15) is 0 Å². The van der Waals surface area contributed by atoms with Crippen molar-refractivity contribution in [3.8, 4) is 0 Å². The average Bonchev–Trinajstić information content (AvgIpc) is 2.45. The Morgan fingerprint density at radius 3 is 2.30 bits per heavy atom.